The van der Waals surface area contributed by atoms with Crippen LogP contribution in [0.25, 0.3) is 0 Å². The van der Waals surface area contributed by atoms with Gasteiger partial charge in [-0.3, -0.25) is 4.99 Å². The van der Waals surface area contributed by atoms with Gasteiger partial charge in [-0.2, -0.15) is 0 Å². The highest BCUT2D eigenvalue weighted by atomic mass is 14.8. The first-order valence-corrected chi connectivity index (χ1v) is 2.87. The van der Waals surface area contributed by atoms with Crippen molar-refractivity contribution < 1.29 is 0 Å². The molecule has 0 saturated carbocycles. The monoisotopic (exact) mass is 97.1 g/mol. The number of hydrogen-bond donors (Lipinski definition) is 0. The van der Waals surface area contributed by atoms with Crippen LogP contribution < -0.4 is 0 Å². The summed E-state index contributed by atoms with van der Waals surface area (Å²) in [7, 11) is 0. The summed E-state index contributed by atoms with van der Waals surface area (Å²) < 4.78 is 0. The molecule has 0 amide bonds. The molecule has 0 radical (unpaired) electrons. The SMILES string of the molecule is CCC1=NCC1C. The van der Waals surface area contributed by atoms with Crippen molar-refractivity contribution in [2.45, 2.75) is 20.3 Å². The van der Waals surface area contributed by atoms with Crippen LogP contribution >= 0.6 is 0 Å². The number of aliphatic imine (C=N–C) groups is 1. The minimum atomic E-state index is 0.796. The number of rotatable bonds is 1. The molecule has 0 fully saturated rings. The highest BCUT2D eigenvalue weighted by molar-refractivity contribution is 5.90. The van der Waals surface area contributed by atoms with E-state index in [0.29, 0.717) is 0 Å². The molecule has 0 aromatic heterocycles. The van der Waals surface area contributed by atoms with Crippen molar-refractivity contribution in [2.75, 3.05) is 6.54 Å². The van der Waals surface area contributed by atoms with Crippen molar-refractivity contribution in [3.05, 3.63) is 0 Å². The van der Waals surface area contributed by atoms with E-state index >= 15 is 0 Å². The second-order valence-electron chi connectivity index (χ2n) is 2.09. The van der Waals surface area contributed by atoms with Gasteiger partial charge in [0, 0.05) is 18.2 Å². The molecule has 1 unspecified atom stereocenters. The minimum Gasteiger partial charge on any atom is -0.293 e. The quantitative estimate of drug-likeness (QED) is 0.470. The van der Waals surface area contributed by atoms with Gasteiger partial charge in [0.2, 0.25) is 0 Å². The van der Waals surface area contributed by atoms with E-state index in [1.807, 2.05) is 0 Å². The van der Waals surface area contributed by atoms with E-state index in [4.69, 9.17) is 0 Å². The summed E-state index contributed by atoms with van der Waals surface area (Å²) in [5.41, 5.74) is 1.40. The highest BCUT2D eigenvalue weighted by Gasteiger charge is 2.14. The van der Waals surface area contributed by atoms with Gasteiger partial charge in [-0.1, -0.05) is 13.8 Å². The molecule has 1 heterocycles. The Balaban J connectivity index is 2.41. The van der Waals surface area contributed by atoms with Crippen molar-refractivity contribution in [1.82, 2.24) is 0 Å². The van der Waals surface area contributed by atoms with Gasteiger partial charge in [-0.05, 0) is 6.42 Å². The van der Waals surface area contributed by atoms with Gasteiger partial charge in [0.25, 0.3) is 0 Å². The van der Waals surface area contributed by atoms with Crippen LogP contribution in [0.1, 0.15) is 20.3 Å². The maximum atomic E-state index is 4.19. The van der Waals surface area contributed by atoms with Crippen molar-refractivity contribution in [3.8, 4) is 0 Å². The Kier molecular flexibility index (Phi) is 1.13. The molecule has 0 N–H and O–H groups in total. The molecule has 0 saturated heterocycles. The van der Waals surface area contributed by atoms with Gasteiger partial charge in [0.05, 0.1) is 0 Å². The van der Waals surface area contributed by atoms with Crippen LogP contribution in [0.4, 0.5) is 0 Å². The highest BCUT2D eigenvalue weighted by Crippen LogP contribution is 2.12. The molecule has 1 heteroatoms. The smallest absolute Gasteiger partial charge is 0.0466 e. The molecule has 0 aromatic carbocycles. The summed E-state index contributed by atoms with van der Waals surface area (Å²) in [6.45, 7) is 5.46. The summed E-state index contributed by atoms with van der Waals surface area (Å²) in [6, 6.07) is 0. The second-order valence-corrected chi connectivity index (χ2v) is 2.09. The van der Waals surface area contributed by atoms with E-state index in [9.17, 15) is 0 Å². The van der Waals surface area contributed by atoms with Gasteiger partial charge in [0.15, 0.2) is 0 Å². The number of nitrogens with zero attached hydrogens (tertiary/aromatic N) is 1. The van der Waals surface area contributed by atoms with Gasteiger partial charge in [-0.25, -0.2) is 0 Å². The third-order valence-corrected chi connectivity index (χ3v) is 1.50. The molecule has 1 aliphatic rings. The fourth-order valence-corrected chi connectivity index (χ4v) is 0.863. The van der Waals surface area contributed by atoms with Gasteiger partial charge < -0.3 is 0 Å². The molecular weight excluding hydrogens is 86.1 g/mol. The van der Waals surface area contributed by atoms with E-state index in [-0.39, 0.29) is 0 Å². The fourth-order valence-electron chi connectivity index (χ4n) is 0.863. The van der Waals surface area contributed by atoms with Crippen LogP contribution in [0.3, 0.4) is 0 Å². The Labute approximate surface area is 44.5 Å². The average molecular weight is 97.2 g/mol. The van der Waals surface area contributed by atoms with Gasteiger partial charge in [-0.15, -0.1) is 0 Å². The lowest BCUT2D eigenvalue weighted by Gasteiger charge is -2.19. The van der Waals surface area contributed by atoms with Crippen LogP contribution in [0.5, 0.6) is 0 Å². The minimum absolute atomic E-state index is 0.796. The lowest BCUT2D eigenvalue weighted by atomic mass is 9.98. The largest absolute Gasteiger partial charge is 0.293 e. The molecule has 0 aliphatic carbocycles. The summed E-state index contributed by atoms with van der Waals surface area (Å²) in [5, 5.41) is 0. The van der Waals surface area contributed by atoms with Crippen LogP contribution in [0, 0.1) is 5.92 Å². The first kappa shape index (κ1) is 4.82. The van der Waals surface area contributed by atoms with Crippen LogP contribution in [0.2, 0.25) is 0 Å². The molecule has 7 heavy (non-hydrogen) atoms. The summed E-state index contributed by atoms with van der Waals surface area (Å²) in [4.78, 5) is 4.19. The lowest BCUT2D eigenvalue weighted by molar-refractivity contribution is 0.691. The van der Waals surface area contributed by atoms with E-state index in [1.54, 1.807) is 0 Å². The van der Waals surface area contributed by atoms with E-state index in [2.05, 4.69) is 18.8 Å². The third kappa shape index (κ3) is 0.671. The Morgan fingerprint density at radius 2 is 2.57 bits per heavy atom. The molecule has 0 spiro atoms. The van der Waals surface area contributed by atoms with Crippen molar-refractivity contribution in [1.29, 1.82) is 0 Å². The molecule has 1 atom stereocenters. The standard InChI is InChI=1S/C6H11N/c1-3-6-5(2)4-7-6/h5H,3-4H2,1-2H3. The fraction of sp³-hybridized carbons (Fsp3) is 0.833. The summed E-state index contributed by atoms with van der Waals surface area (Å²) >= 11 is 0. The first-order chi connectivity index (χ1) is 3.34. The molecule has 0 aromatic rings. The molecule has 1 rings (SSSR count). The Morgan fingerprint density at radius 1 is 1.86 bits per heavy atom. The Bertz CT molecular complexity index is 94.4. The zero-order valence-electron chi connectivity index (χ0n) is 4.94. The predicted molar refractivity (Wildman–Crippen MR) is 31.8 cm³/mol. The maximum Gasteiger partial charge on any atom is 0.0466 e. The zero-order chi connectivity index (χ0) is 5.28. The topological polar surface area (TPSA) is 12.4 Å². The van der Waals surface area contributed by atoms with Crippen LogP contribution in [-0.2, 0) is 0 Å². The van der Waals surface area contributed by atoms with Gasteiger partial charge in [0.1, 0.15) is 0 Å². The molecular formula is C6H11N. The molecule has 1 aliphatic heterocycles. The first-order valence-electron chi connectivity index (χ1n) is 2.87. The van der Waals surface area contributed by atoms with E-state index in [0.717, 1.165) is 18.9 Å². The number of hydrogen-bond acceptors (Lipinski definition) is 1. The molecule has 40 valence electrons. The van der Waals surface area contributed by atoms with E-state index < -0.39 is 0 Å². The lowest BCUT2D eigenvalue weighted by Crippen LogP contribution is -2.23. The van der Waals surface area contributed by atoms with Crippen LogP contribution in [0.15, 0.2) is 4.99 Å². The Morgan fingerprint density at radius 3 is 2.57 bits per heavy atom. The molecule has 1 nitrogen and oxygen atoms in total. The van der Waals surface area contributed by atoms with Crippen LogP contribution in [-0.4, -0.2) is 12.3 Å². The van der Waals surface area contributed by atoms with Crippen molar-refractivity contribution in [2.24, 2.45) is 10.9 Å². The summed E-state index contributed by atoms with van der Waals surface area (Å²) in [5.74, 6) is 0.796. The average Bonchev–Trinajstić information content (AvgIpc) is 1.65. The normalized spacial score (nSPS) is 28.9. The third-order valence-electron chi connectivity index (χ3n) is 1.50. The predicted octanol–water partition coefficient (Wildman–Crippen LogP) is 1.49. The van der Waals surface area contributed by atoms with E-state index in [1.165, 1.54) is 5.71 Å². The van der Waals surface area contributed by atoms with Crippen molar-refractivity contribution >= 4 is 5.71 Å². The Hall–Kier alpha value is -0.330. The molecule has 0 bridgehead atoms. The van der Waals surface area contributed by atoms with Crippen molar-refractivity contribution in [3.63, 3.8) is 0 Å². The summed E-state index contributed by atoms with van der Waals surface area (Å²) in [6.07, 6.45) is 1.15. The second kappa shape index (κ2) is 1.65. The zero-order valence-corrected chi connectivity index (χ0v) is 4.94. The maximum absolute atomic E-state index is 4.19. The van der Waals surface area contributed by atoms with Gasteiger partial charge >= 0.3 is 0 Å².